The minimum Gasteiger partial charge on any atom is -0.246 e. The summed E-state index contributed by atoms with van der Waals surface area (Å²) in [4.78, 5) is 4.18. The zero-order valence-electron chi connectivity index (χ0n) is 8.81. The van der Waals surface area contributed by atoms with Crippen LogP contribution in [0.3, 0.4) is 0 Å². The minimum absolute atomic E-state index is 0.370. The van der Waals surface area contributed by atoms with Gasteiger partial charge in [-0.3, -0.25) is 0 Å². The van der Waals surface area contributed by atoms with Gasteiger partial charge in [0.1, 0.15) is 0 Å². The average molecular weight is 257 g/mol. The fraction of sp³-hybridized carbons (Fsp3) is 0.222. The van der Waals surface area contributed by atoms with Crippen molar-refractivity contribution in [3.63, 3.8) is 0 Å². The van der Waals surface area contributed by atoms with Crippen LogP contribution in [0.4, 0.5) is 5.13 Å². The lowest BCUT2D eigenvalue weighted by Crippen LogP contribution is -2.26. The second-order valence-electron chi connectivity index (χ2n) is 3.30. The number of aryl methyl sites for hydroxylation is 1. The van der Waals surface area contributed by atoms with Gasteiger partial charge in [0.05, 0.1) is 10.2 Å². The highest BCUT2D eigenvalue weighted by molar-refractivity contribution is 7.91. The van der Waals surface area contributed by atoms with Crippen LogP contribution in [0.5, 0.6) is 0 Å². The molecule has 0 unspecified atom stereocenters. The van der Waals surface area contributed by atoms with Crippen LogP contribution in [-0.4, -0.2) is 20.4 Å². The van der Waals surface area contributed by atoms with Crippen molar-refractivity contribution in [2.24, 2.45) is 0 Å². The normalized spacial score (nSPS) is 11.9. The number of fused-ring (bicyclic) bond motifs is 1. The van der Waals surface area contributed by atoms with E-state index in [1.807, 2.05) is 25.1 Å². The molecule has 0 atom stereocenters. The fourth-order valence-electron chi connectivity index (χ4n) is 1.24. The molecule has 0 aliphatic heterocycles. The van der Waals surface area contributed by atoms with E-state index in [4.69, 9.17) is 0 Å². The quantitative estimate of drug-likeness (QED) is 0.875. The third-order valence-electron chi connectivity index (χ3n) is 2.03. The van der Waals surface area contributed by atoms with Crippen molar-refractivity contribution in [2.75, 3.05) is 11.8 Å². The number of nitrogens with zero attached hydrogens (tertiary/aromatic N) is 1. The van der Waals surface area contributed by atoms with Gasteiger partial charge >= 0.3 is 10.2 Å². The summed E-state index contributed by atoms with van der Waals surface area (Å²) in [7, 11) is -2.14. The highest BCUT2D eigenvalue weighted by Gasteiger charge is 2.10. The second-order valence-corrected chi connectivity index (χ2v) is 5.95. The van der Waals surface area contributed by atoms with Crippen molar-refractivity contribution in [1.29, 1.82) is 0 Å². The summed E-state index contributed by atoms with van der Waals surface area (Å²) in [5.41, 5.74) is 1.92. The molecule has 1 aromatic heterocycles. The number of hydrogen-bond acceptors (Lipinski definition) is 4. The molecule has 0 fully saturated rings. The Balaban J connectivity index is 2.40. The summed E-state index contributed by atoms with van der Waals surface area (Å²) < 4.78 is 28.0. The molecule has 0 aliphatic rings. The van der Waals surface area contributed by atoms with E-state index in [-0.39, 0.29) is 0 Å². The van der Waals surface area contributed by atoms with Gasteiger partial charge in [-0.2, -0.15) is 8.42 Å². The molecule has 0 spiro atoms. The maximum absolute atomic E-state index is 11.3. The van der Waals surface area contributed by atoms with E-state index in [0.717, 1.165) is 15.8 Å². The van der Waals surface area contributed by atoms with Gasteiger partial charge in [-0.15, -0.1) is 0 Å². The summed E-state index contributed by atoms with van der Waals surface area (Å²) in [5, 5.41) is 0.370. The Hall–Kier alpha value is -1.18. The van der Waals surface area contributed by atoms with Crippen LogP contribution in [0.25, 0.3) is 10.2 Å². The predicted molar refractivity (Wildman–Crippen MR) is 66.0 cm³/mol. The Morgan fingerprint density at radius 2 is 2.12 bits per heavy atom. The number of rotatable bonds is 3. The van der Waals surface area contributed by atoms with Gasteiger partial charge in [-0.25, -0.2) is 14.4 Å². The minimum atomic E-state index is -3.48. The van der Waals surface area contributed by atoms with E-state index >= 15 is 0 Å². The van der Waals surface area contributed by atoms with Gasteiger partial charge in [0.2, 0.25) is 0 Å². The third-order valence-corrected chi connectivity index (χ3v) is 4.10. The molecule has 16 heavy (non-hydrogen) atoms. The lowest BCUT2D eigenvalue weighted by atomic mass is 10.2. The highest BCUT2D eigenvalue weighted by atomic mass is 32.2. The average Bonchev–Trinajstić information content (AvgIpc) is 2.58. The van der Waals surface area contributed by atoms with E-state index in [2.05, 4.69) is 14.4 Å². The molecule has 7 heteroatoms. The van der Waals surface area contributed by atoms with Crippen LogP contribution in [0, 0.1) is 6.92 Å². The summed E-state index contributed by atoms with van der Waals surface area (Å²) in [6, 6.07) is 5.79. The van der Waals surface area contributed by atoms with Crippen LogP contribution >= 0.6 is 11.3 Å². The molecule has 0 radical (unpaired) electrons. The van der Waals surface area contributed by atoms with E-state index < -0.39 is 10.2 Å². The number of aromatic nitrogens is 1. The smallest absolute Gasteiger partial charge is 0.246 e. The topological polar surface area (TPSA) is 71.1 Å². The van der Waals surface area contributed by atoms with Crippen molar-refractivity contribution in [3.05, 3.63) is 23.8 Å². The van der Waals surface area contributed by atoms with Crippen LogP contribution in [0.1, 0.15) is 5.56 Å². The Morgan fingerprint density at radius 1 is 1.38 bits per heavy atom. The Kier molecular flexibility index (Phi) is 2.83. The molecule has 1 aromatic carbocycles. The van der Waals surface area contributed by atoms with Crippen molar-refractivity contribution in [2.45, 2.75) is 6.92 Å². The SMILES string of the molecule is CNS(=O)(=O)Nc1nc2ccc(C)cc2s1. The van der Waals surface area contributed by atoms with Crippen molar-refractivity contribution in [1.82, 2.24) is 9.71 Å². The molecule has 5 nitrogen and oxygen atoms in total. The Bertz CT molecular complexity index is 619. The van der Waals surface area contributed by atoms with Crippen LogP contribution < -0.4 is 9.44 Å². The zero-order chi connectivity index (χ0) is 11.8. The van der Waals surface area contributed by atoms with E-state index in [0.29, 0.717) is 5.13 Å². The van der Waals surface area contributed by atoms with Crippen molar-refractivity contribution in [3.8, 4) is 0 Å². The summed E-state index contributed by atoms with van der Waals surface area (Å²) >= 11 is 1.31. The summed E-state index contributed by atoms with van der Waals surface area (Å²) in [5.74, 6) is 0. The van der Waals surface area contributed by atoms with Gasteiger partial charge < -0.3 is 0 Å². The Morgan fingerprint density at radius 3 is 2.81 bits per heavy atom. The molecule has 2 aromatic rings. The maximum Gasteiger partial charge on any atom is 0.300 e. The predicted octanol–water partition coefficient (Wildman–Crippen LogP) is 1.48. The van der Waals surface area contributed by atoms with Gasteiger partial charge in [0.25, 0.3) is 0 Å². The first-order valence-corrected chi connectivity index (χ1v) is 6.88. The molecule has 0 amide bonds. The molecular formula is C9H11N3O2S2. The van der Waals surface area contributed by atoms with Crippen molar-refractivity contribution < 1.29 is 8.42 Å². The third kappa shape index (κ3) is 2.31. The van der Waals surface area contributed by atoms with E-state index in [1.54, 1.807) is 0 Å². The first-order chi connectivity index (χ1) is 7.50. The number of thiazole rings is 1. The molecular weight excluding hydrogens is 246 g/mol. The van der Waals surface area contributed by atoms with Crippen LogP contribution in [0.15, 0.2) is 18.2 Å². The van der Waals surface area contributed by atoms with Gasteiger partial charge in [0.15, 0.2) is 5.13 Å². The van der Waals surface area contributed by atoms with Gasteiger partial charge in [0, 0.05) is 7.05 Å². The number of anilines is 1. The highest BCUT2D eigenvalue weighted by Crippen LogP contribution is 2.26. The van der Waals surface area contributed by atoms with Gasteiger partial charge in [-0.1, -0.05) is 17.4 Å². The molecule has 1 heterocycles. The lowest BCUT2D eigenvalue weighted by molar-refractivity contribution is 0.593. The fourth-order valence-corrected chi connectivity index (χ4v) is 2.93. The number of hydrogen-bond donors (Lipinski definition) is 2. The molecule has 0 saturated carbocycles. The molecule has 0 aliphatic carbocycles. The number of nitrogens with one attached hydrogen (secondary N) is 2. The number of benzene rings is 1. The molecule has 2 rings (SSSR count). The molecule has 2 N–H and O–H groups in total. The second kappa shape index (κ2) is 4.00. The first kappa shape index (κ1) is 11.3. The van der Waals surface area contributed by atoms with Gasteiger partial charge in [-0.05, 0) is 24.6 Å². The van der Waals surface area contributed by atoms with Crippen LogP contribution in [0.2, 0.25) is 0 Å². The Labute approximate surface area is 97.7 Å². The zero-order valence-corrected chi connectivity index (χ0v) is 10.4. The molecule has 0 saturated heterocycles. The first-order valence-electron chi connectivity index (χ1n) is 4.59. The summed E-state index contributed by atoms with van der Waals surface area (Å²) in [6.45, 7) is 1.98. The largest absolute Gasteiger partial charge is 0.300 e. The van der Waals surface area contributed by atoms with Crippen molar-refractivity contribution >= 4 is 36.9 Å². The van der Waals surface area contributed by atoms with E-state index in [9.17, 15) is 8.42 Å². The molecule has 0 bridgehead atoms. The monoisotopic (exact) mass is 257 g/mol. The standard InChI is InChI=1S/C9H11N3O2S2/c1-6-3-4-7-8(5-6)15-9(11-7)12-16(13,14)10-2/h3-5,10H,1-2H3,(H,11,12). The van der Waals surface area contributed by atoms with Crippen LogP contribution in [-0.2, 0) is 10.2 Å². The lowest BCUT2D eigenvalue weighted by Gasteiger charge is -2.00. The molecule has 86 valence electrons. The van der Waals surface area contributed by atoms with E-state index in [1.165, 1.54) is 18.4 Å². The summed E-state index contributed by atoms with van der Waals surface area (Å²) in [6.07, 6.45) is 0. The maximum atomic E-state index is 11.3.